The van der Waals surface area contributed by atoms with Crippen LogP contribution in [0.2, 0.25) is 0 Å². The van der Waals surface area contributed by atoms with Crippen LogP contribution in [0.25, 0.3) is 0 Å². The van der Waals surface area contributed by atoms with Gasteiger partial charge in [0.2, 0.25) is 0 Å². The summed E-state index contributed by atoms with van der Waals surface area (Å²) in [5.41, 5.74) is 0. The summed E-state index contributed by atoms with van der Waals surface area (Å²) in [5.74, 6) is 0. The quantitative estimate of drug-likeness (QED) is 0.343. The van der Waals surface area contributed by atoms with Crippen LogP contribution in [0, 0.1) is 0 Å². The first kappa shape index (κ1) is 175. The molecule has 0 fully saturated rings. The molecule has 38 valence electrons. The topological polar surface area (TPSA) is 123 Å². The van der Waals surface area contributed by atoms with E-state index in [9.17, 15) is 0 Å². The largest absolute Gasteiger partial charge is 1.00 e. The van der Waals surface area contributed by atoms with Crippen molar-refractivity contribution in [3.05, 3.63) is 0 Å². The Morgan fingerprint density at radius 2 is 0.571 bits per heavy atom. The summed E-state index contributed by atoms with van der Waals surface area (Å²) in [6, 6.07) is 0. The van der Waals surface area contributed by atoms with E-state index >= 15 is 0 Å². The van der Waals surface area contributed by atoms with Gasteiger partial charge in [0.25, 0.3) is 0 Å². The predicted octanol–water partition coefficient (Wildman–Crippen LogP) is -8.00. The third kappa shape index (κ3) is 85.2. The molecule has 0 heterocycles. The molecule has 0 aromatic rings. The van der Waals surface area contributed by atoms with E-state index in [-0.39, 0.29) is 80.7 Å². The molecule has 6 N–H and O–H groups in total. The summed E-state index contributed by atoms with van der Waals surface area (Å²) in [6.45, 7) is 0. The molecular formula is H6Li2MoO4. The molecule has 0 aliphatic rings. The number of hydrogen-bond acceptors (Lipinski definition) is 2. The van der Waals surface area contributed by atoms with Gasteiger partial charge in [0, 0.05) is 21.1 Å². The van der Waals surface area contributed by atoms with Crippen molar-refractivity contribution in [1.82, 2.24) is 0 Å². The van der Waals surface area contributed by atoms with Gasteiger partial charge in [0.1, 0.15) is 0 Å². The van der Waals surface area contributed by atoms with Gasteiger partial charge in [-0.1, -0.05) is 0 Å². The van der Waals surface area contributed by atoms with Gasteiger partial charge in [-0.25, -0.2) is 0 Å². The summed E-state index contributed by atoms with van der Waals surface area (Å²) in [4.78, 5) is 0. The number of rotatable bonds is 0. The standard InChI is InChI=1S/2Li.Mo.4H2O/h;;;4*1H2/q2*+1;;;;;/p-2. The minimum Gasteiger partial charge on any atom is -0.870 e. The maximum atomic E-state index is 0. The van der Waals surface area contributed by atoms with Crippen LogP contribution in [-0.2, 0) is 21.1 Å². The molecule has 0 aromatic carbocycles. The second kappa shape index (κ2) is 118. The van der Waals surface area contributed by atoms with Crippen molar-refractivity contribution in [1.29, 1.82) is 0 Å². The second-order valence-electron chi connectivity index (χ2n) is 0. The molecule has 0 aliphatic carbocycles. The first-order valence-electron chi connectivity index (χ1n) is 0. The molecule has 0 aromatic heterocycles. The van der Waals surface area contributed by atoms with Gasteiger partial charge in [0.05, 0.1) is 0 Å². The van der Waals surface area contributed by atoms with Crippen molar-refractivity contribution in [2.75, 3.05) is 0 Å². The fourth-order valence-corrected chi connectivity index (χ4v) is 0. The van der Waals surface area contributed by atoms with Crippen molar-refractivity contribution >= 4 is 0 Å². The molecule has 0 saturated heterocycles. The molecule has 0 unspecified atom stereocenters. The fraction of sp³-hybridized carbons (Fsp3) is 0. The first-order valence-corrected chi connectivity index (χ1v) is 0. The van der Waals surface area contributed by atoms with Crippen LogP contribution in [-0.4, -0.2) is 21.9 Å². The van der Waals surface area contributed by atoms with Gasteiger partial charge in [0.15, 0.2) is 0 Å². The van der Waals surface area contributed by atoms with Crippen LogP contribution >= 0.6 is 0 Å². The van der Waals surface area contributed by atoms with Crippen LogP contribution in [0.4, 0.5) is 0 Å². The zero-order valence-electron chi connectivity index (χ0n) is 4.30. The Bertz CT molecular complexity index is 9.65. The molecule has 0 spiro atoms. The molecule has 7 heteroatoms. The summed E-state index contributed by atoms with van der Waals surface area (Å²) in [6.07, 6.45) is 0. The molecule has 0 radical (unpaired) electrons. The van der Waals surface area contributed by atoms with E-state index < -0.39 is 0 Å². The molecule has 0 bridgehead atoms. The average molecular weight is 180 g/mol. The summed E-state index contributed by atoms with van der Waals surface area (Å²) in [5, 5.41) is 0. The third-order valence-corrected chi connectivity index (χ3v) is 0. The van der Waals surface area contributed by atoms with Crippen LogP contribution in [0.5, 0.6) is 0 Å². The second-order valence-corrected chi connectivity index (χ2v) is 0. The summed E-state index contributed by atoms with van der Waals surface area (Å²) >= 11 is 0. The Hall–Kier alpha value is 1.72. The van der Waals surface area contributed by atoms with Crippen molar-refractivity contribution in [3.8, 4) is 0 Å². The first-order chi connectivity index (χ1) is 0. The molecule has 0 saturated carbocycles. The van der Waals surface area contributed by atoms with Crippen molar-refractivity contribution in [2.24, 2.45) is 0 Å². The SMILES string of the molecule is O.O.[Li+].[Li+].[Mo].[OH-].[OH-]. The monoisotopic (exact) mass is 182 g/mol. The van der Waals surface area contributed by atoms with Crippen molar-refractivity contribution < 1.29 is 80.7 Å². The molecule has 0 rings (SSSR count). The molecule has 0 aliphatic heterocycles. The van der Waals surface area contributed by atoms with Crippen LogP contribution in [0.15, 0.2) is 0 Å². The minimum atomic E-state index is 0. The van der Waals surface area contributed by atoms with E-state index in [1.807, 2.05) is 0 Å². The minimum absolute atomic E-state index is 0. The van der Waals surface area contributed by atoms with Crippen LogP contribution in [0.1, 0.15) is 0 Å². The third-order valence-electron chi connectivity index (χ3n) is 0. The molecule has 7 heavy (non-hydrogen) atoms. The van der Waals surface area contributed by atoms with Gasteiger partial charge in [-0.2, -0.15) is 0 Å². The van der Waals surface area contributed by atoms with Gasteiger partial charge in [-0.15, -0.1) is 0 Å². The van der Waals surface area contributed by atoms with Crippen molar-refractivity contribution in [2.45, 2.75) is 0 Å². The van der Waals surface area contributed by atoms with Gasteiger partial charge in [-0.05, 0) is 0 Å². The van der Waals surface area contributed by atoms with Crippen LogP contribution in [0.3, 0.4) is 0 Å². The smallest absolute Gasteiger partial charge is 0.870 e. The average Bonchev–Trinajstić information content (AvgIpc) is 0. The maximum absolute atomic E-state index is 0. The maximum Gasteiger partial charge on any atom is 1.00 e. The molecule has 0 atom stereocenters. The van der Waals surface area contributed by atoms with Crippen molar-refractivity contribution in [3.63, 3.8) is 0 Å². The van der Waals surface area contributed by atoms with E-state index in [1.165, 1.54) is 0 Å². The van der Waals surface area contributed by atoms with Crippen LogP contribution < -0.4 is 37.7 Å². The molecule has 4 nitrogen and oxygen atoms in total. The normalized spacial score (nSPS) is 0. The van der Waals surface area contributed by atoms with Gasteiger partial charge < -0.3 is 21.9 Å². The summed E-state index contributed by atoms with van der Waals surface area (Å²) < 4.78 is 0. The molecular weight excluding hydrogens is 174 g/mol. The zero-order valence-corrected chi connectivity index (χ0v) is 6.31. The Balaban J connectivity index is 0. The Morgan fingerprint density at radius 1 is 0.571 bits per heavy atom. The molecule has 0 amide bonds. The fourth-order valence-electron chi connectivity index (χ4n) is 0. The Kier molecular flexibility index (Phi) is 2940. The van der Waals surface area contributed by atoms with Gasteiger partial charge >= 0.3 is 37.7 Å². The van der Waals surface area contributed by atoms with E-state index in [0.29, 0.717) is 0 Å². The zero-order chi connectivity index (χ0) is 0. The summed E-state index contributed by atoms with van der Waals surface area (Å²) in [7, 11) is 0. The number of hydrogen-bond donors (Lipinski definition) is 0. The Morgan fingerprint density at radius 3 is 0.571 bits per heavy atom. The predicted molar refractivity (Wildman–Crippen MR) is 11.1 cm³/mol. The van der Waals surface area contributed by atoms with E-state index in [2.05, 4.69) is 0 Å². The van der Waals surface area contributed by atoms with E-state index in [0.717, 1.165) is 0 Å². The van der Waals surface area contributed by atoms with Gasteiger partial charge in [-0.3, -0.25) is 0 Å². The van der Waals surface area contributed by atoms with E-state index in [1.54, 1.807) is 0 Å². The Labute approximate surface area is 80.3 Å². The van der Waals surface area contributed by atoms with E-state index in [4.69, 9.17) is 0 Å².